The van der Waals surface area contributed by atoms with Crippen molar-refractivity contribution in [2.75, 3.05) is 46.2 Å². The van der Waals surface area contributed by atoms with Crippen molar-refractivity contribution in [2.45, 2.75) is 0 Å². The maximum atomic E-state index is 14.6. The smallest absolute Gasteiger partial charge is 0.127 e. The summed E-state index contributed by atoms with van der Waals surface area (Å²) >= 11 is 0. The lowest BCUT2D eigenvalue weighted by molar-refractivity contribution is 0.260. The third-order valence-electron chi connectivity index (χ3n) is 6.93. The number of halogens is 1. The molecule has 0 amide bonds. The Balaban J connectivity index is 1.39. The van der Waals surface area contributed by atoms with Crippen molar-refractivity contribution >= 4 is 27.5 Å². The van der Waals surface area contributed by atoms with E-state index in [9.17, 15) is 4.39 Å². The van der Waals surface area contributed by atoms with Crippen molar-refractivity contribution in [3.8, 4) is 39.4 Å². The van der Waals surface area contributed by atoms with Crippen molar-refractivity contribution in [1.82, 2.24) is 30.0 Å². The molecule has 0 saturated heterocycles. The van der Waals surface area contributed by atoms with E-state index in [0.29, 0.717) is 17.9 Å². The zero-order valence-electron chi connectivity index (χ0n) is 22.9. The molecule has 0 aliphatic rings. The summed E-state index contributed by atoms with van der Waals surface area (Å²) in [7, 11) is 7.94. The lowest BCUT2D eigenvalue weighted by atomic mass is 10.0. The molecule has 0 atom stereocenters. The summed E-state index contributed by atoms with van der Waals surface area (Å²) < 4.78 is 20.4. The maximum Gasteiger partial charge on any atom is 0.127 e. The van der Waals surface area contributed by atoms with E-state index >= 15 is 0 Å². The van der Waals surface area contributed by atoms with Crippen LogP contribution in [0.3, 0.4) is 0 Å². The van der Waals surface area contributed by atoms with Crippen LogP contribution in [0.15, 0.2) is 73.3 Å². The molecule has 0 spiro atoms. The fourth-order valence-electron chi connectivity index (χ4n) is 4.79. The van der Waals surface area contributed by atoms with Crippen LogP contribution in [0.5, 0.6) is 5.75 Å². The minimum absolute atomic E-state index is 0.358. The highest BCUT2D eigenvalue weighted by molar-refractivity contribution is 6.01. The normalized spacial score (nSPS) is 11.6. The molecule has 8 nitrogen and oxygen atoms in total. The van der Waals surface area contributed by atoms with Crippen LogP contribution in [0.2, 0.25) is 0 Å². The molecular weight excluding hydrogens is 505 g/mol. The summed E-state index contributed by atoms with van der Waals surface area (Å²) in [6.07, 6.45) is 7.24. The van der Waals surface area contributed by atoms with Gasteiger partial charge in [0.15, 0.2) is 0 Å². The minimum Gasteiger partial charge on any atom is -0.492 e. The molecule has 0 radical (unpaired) electrons. The molecule has 0 aliphatic carbocycles. The minimum atomic E-state index is -0.358. The van der Waals surface area contributed by atoms with Gasteiger partial charge in [0, 0.05) is 61.0 Å². The highest BCUT2D eigenvalue weighted by Gasteiger charge is 2.16. The van der Waals surface area contributed by atoms with Gasteiger partial charge in [-0.2, -0.15) is 5.10 Å². The van der Waals surface area contributed by atoms with Gasteiger partial charge in [-0.1, -0.05) is 6.07 Å². The number of rotatable bonds is 8. The molecule has 6 aromatic rings. The van der Waals surface area contributed by atoms with Gasteiger partial charge in [0.25, 0.3) is 0 Å². The first-order valence-electron chi connectivity index (χ1n) is 13.0. The van der Waals surface area contributed by atoms with E-state index in [0.717, 1.165) is 62.1 Å². The quantitative estimate of drug-likeness (QED) is 0.249. The van der Waals surface area contributed by atoms with Crippen molar-refractivity contribution in [2.24, 2.45) is 0 Å². The molecule has 0 aliphatic heterocycles. The van der Waals surface area contributed by atoms with Gasteiger partial charge in [0.1, 0.15) is 23.9 Å². The number of aromatic nitrogens is 5. The molecule has 0 unspecified atom stereocenters. The average Bonchev–Trinajstić information content (AvgIpc) is 3.56. The molecule has 0 bridgehead atoms. The van der Waals surface area contributed by atoms with Crippen LogP contribution >= 0.6 is 0 Å². The van der Waals surface area contributed by atoms with Crippen LogP contribution in [-0.4, -0.2) is 71.4 Å². The van der Waals surface area contributed by atoms with Crippen molar-refractivity contribution < 1.29 is 9.13 Å². The van der Waals surface area contributed by atoms with Gasteiger partial charge in [-0.15, -0.1) is 0 Å². The number of hydrogen-bond acceptors (Lipinski definition) is 6. The number of likely N-dealkylation sites (N-methyl/N-ethyl adjacent to an activating group) is 1. The SMILES string of the molecule is CN(C)CCOc1cc(F)cc(-c2cncc3[nH]c(-c4n[nH]c5ccc(-c6cncc(N(C)C)c6)cc45)cc23)c1. The van der Waals surface area contributed by atoms with E-state index in [4.69, 9.17) is 4.74 Å². The van der Waals surface area contributed by atoms with Crippen LogP contribution in [0.4, 0.5) is 10.1 Å². The average molecular weight is 536 g/mol. The molecule has 2 aromatic carbocycles. The summed E-state index contributed by atoms with van der Waals surface area (Å²) in [6.45, 7) is 1.21. The van der Waals surface area contributed by atoms with Gasteiger partial charge in [-0.25, -0.2) is 4.39 Å². The number of H-pyrrole nitrogens is 2. The van der Waals surface area contributed by atoms with Crippen molar-refractivity contribution in [3.05, 3.63) is 79.1 Å². The zero-order chi connectivity index (χ0) is 27.8. The number of pyridine rings is 2. The molecule has 202 valence electrons. The zero-order valence-corrected chi connectivity index (χ0v) is 22.9. The third kappa shape index (κ3) is 4.99. The van der Waals surface area contributed by atoms with E-state index in [2.05, 4.69) is 43.3 Å². The Morgan fingerprint density at radius 3 is 2.48 bits per heavy atom. The Bertz CT molecular complexity index is 1820. The molecule has 2 N–H and O–H groups in total. The number of nitrogens with zero attached hydrogens (tertiary/aromatic N) is 5. The van der Waals surface area contributed by atoms with E-state index in [-0.39, 0.29) is 5.82 Å². The predicted molar refractivity (Wildman–Crippen MR) is 158 cm³/mol. The van der Waals surface area contributed by atoms with Gasteiger partial charge >= 0.3 is 0 Å². The summed E-state index contributed by atoms with van der Waals surface area (Å²) in [4.78, 5) is 16.4. The van der Waals surface area contributed by atoms with E-state index in [1.165, 1.54) is 12.1 Å². The monoisotopic (exact) mass is 535 g/mol. The van der Waals surface area contributed by atoms with E-state index < -0.39 is 0 Å². The van der Waals surface area contributed by atoms with Gasteiger partial charge in [-0.05, 0) is 61.6 Å². The highest BCUT2D eigenvalue weighted by atomic mass is 19.1. The maximum absolute atomic E-state index is 14.6. The van der Waals surface area contributed by atoms with Crippen molar-refractivity contribution in [3.63, 3.8) is 0 Å². The fraction of sp³-hybridized carbons (Fsp3) is 0.194. The number of hydrogen-bond donors (Lipinski definition) is 2. The molecule has 0 saturated carbocycles. The Labute approximate surface area is 231 Å². The number of ether oxygens (including phenoxy) is 1. The summed E-state index contributed by atoms with van der Waals surface area (Å²) in [5.41, 5.74) is 8.01. The van der Waals surface area contributed by atoms with Crippen LogP contribution in [-0.2, 0) is 0 Å². The van der Waals surface area contributed by atoms with Gasteiger partial charge < -0.3 is 19.5 Å². The Kier molecular flexibility index (Phi) is 6.65. The lowest BCUT2D eigenvalue weighted by Crippen LogP contribution is -2.19. The van der Waals surface area contributed by atoms with Crippen LogP contribution < -0.4 is 9.64 Å². The molecule has 4 aromatic heterocycles. The second-order valence-corrected chi connectivity index (χ2v) is 10.3. The second kappa shape index (κ2) is 10.4. The molecular formula is C31H30FN7O. The first kappa shape index (κ1) is 25.5. The van der Waals surface area contributed by atoms with Gasteiger partial charge in [0.2, 0.25) is 0 Å². The summed E-state index contributed by atoms with van der Waals surface area (Å²) in [6, 6.07) is 15.2. The van der Waals surface area contributed by atoms with Crippen LogP contribution in [0.1, 0.15) is 0 Å². The first-order chi connectivity index (χ1) is 19.4. The predicted octanol–water partition coefficient (Wildman–Crippen LogP) is 5.98. The van der Waals surface area contributed by atoms with Gasteiger partial charge in [0.05, 0.1) is 34.8 Å². The number of aromatic amines is 2. The Hall–Kier alpha value is -4.76. The van der Waals surface area contributed by atoms with Crippen LogP contribution in [0.25, 0.3) is 55.4 Å². The number of anilines is 1. The second-order valence-electron chi connectivity index (χ2n) is 10.3. The molecule has 6 rings (SSSR count). The van der Waals surface area contributed by atoms with Gasteiger partial charge in [-0.3, -0.25) is 15.1 Å². The van der Waals surface area contributed by atoms with E-state index in [1.54, 1.807) is 12.4 Å². The number of benzene rings is 2. The molecule has 9 heteroatoms. The Morgan fingerprint density at radius 2 is 1.65 bits per heavy atom. The number of fused-ring (bicyclic) bond motifs is 2. The Morgan fingerprint density at radius 1 is 0.800 bits per heavy atom. The molecule has 4 heterocycles. The third-order valence-corrected chi connectivity index (χ3v) is 6.93. The molecule has 40 heavy (non-hydrogen) atoms. The highest BCUT2D eigenvalue weighted by Crippen LogP contribution is 2.36. The topological polar surface area (TPSA) is 86.0 Å². The lowest BCUT2D eigenvalue weighted by Gasteiger charge is -2.13. The van der Waals surface area contributed by atoms with Crippen molar-refractivity contribution in [1.29, 1.82) is 0 Å². The van der Waals surface area contributed by atoms with Crippen LogP contribution in [0, 0.1) is 5.82 Å². The first-order valence-corrected chi connectivity index (χ1v) is 13.0. The number of nitrogens with one attached hydrogen (secondary N) is 2. The molecule has 0 fully saturated rings. The summed E-state index contributed by atoms with van der Waals surface area (Å²) in [5.74, 6) is 0.132. The standard InChI is InChI=1S/C31H30FN7O/c1-38(2)7-8-40-24-11-20(9-22(32)13-24)27-17-34-18-30-25(27)14-29(35-30)31-26-12-19(5-6-28(26)36-37-31)21-10-23(39(3)4)16-33-15-21/h5-6,9-18,35H,7-8H2,1-4H3,(H,36,37). The largest absolute Gasteiger partial charge is 0.492 e. The fourth-order valence-corrected chi connectivity index (χ4v) is 4.79. The summed E-state index contributed by atoms with van der Waals surface area (Å²) in [5, 5.41) is 9.69. The van der Waals surface area contributed by atoms with E-state index in [1.807, 2.05) is 68.6 Å².